The van der Waals surface area contributed by atoms with Gasteiger partial charge in [0.25, 0.3) is 0 Å². The van der Waals surface area contributed by atoms with Crippen LogP contribution < -0.4 is 0 Å². The lowest BCUT2D eigenvalue weighted by Crippen LogP contribution is -2.13. The molecule has 0 nitrogen and oxygen atoms in total. The Bertz CT molecular complexity index is 482. The second kappa shape index (κ2) is 14.3. The van der Waals surface area contributed by atoms with E-state index in [9.17, 15) is 0 Å². The van der Waals surface area contributed by atoms with Crippen LogP contribution in [-0.2, 0) is 32.1 Å². The lowest BCUT2D eigenvalue weighted by Gasteiger charge is -2.26. The van der Waals surface area contributed by atoms with Crippen molar-refractivity contribution in [2.75, 3.05) is 0 Å². The molecule has 0 radical (unpaired) electrons. The fourth-order valence-corrected chi connectivity index (χ4v) is 4.53. The van der Waals surface area contributed by atoms with Crippen molar-refractivity contribution in [3.8, 4) is 0 Å². The Balaban J connectivity index is 3.57. The number of rotatable bonds is 15. The summed E-state index contributed by atoms with van der Waals surface area (Å²) in [5.41, 5.74) is 10.5. The molecule has 0 N–H and O–H groups in total. The Morgan fingerprint density at radius 1 is 0.370 bits per heavy atom. The Hall–Kier alpha value is -0.780. The maximum Gasteiger partial charge on any atom is -0.0273 e. The summed E-state index contributed by atoms with van der Waals surface area (Å²) in [6.07, 6.45) is 19.8. The summed E-state index contributed by atoms with van der Waals surface area (Å²) in [7, 11) is 0. The molecule has 1 rings (SSSR count). The van der Waals surface area contributed by atoms with E-state index in [1.807, 2.05) is 0 Å². The van der Waals surface area contributed by atoms with E-state index in [1.54, 1.807) is 33.4 Å². The van der Waals surface area contributed by atoms with Crippen molar-refractivity contribution in [3.05, 3.63) is 33.4 Å². The highest BCUT2D eigenvalue weighted by Gasteiger charge is 2.20. The first kappa shape index (κ1) is 24.3. The van der Waals surface area contributed by atoms with Crippen molar-refractivity contribution in [1.29, 1.82) is 0 Å². The van der Waals surface area contributed by atoms with E-state index in [2.05, 4.69) is 41.5 Å². The van der Waals surface area contributed by atoms with E-state index in [0.717, 1.165) is 0 Å². The van der Waals surface area contributed by atoms with E-state index in [4.69, 9.17) is 0 Å². The number of hydrogen-bond acceptors (Lipinski definition) is 0. The standard InChI is InChI=1S/C27H48/c1-7-12-17-23-22(6)24(18-13-8-2)26(20-15-10-4)27(21-16-11-5)25(23)19-14-9-3/h7-21H2,1-6H3. The maximum atomic E-state index is 2.46. The van der Waals surface area contributed by atoms with Crippen LogP contribution in [0.25, 0.3) is 0 Å². The van der Waals surface area contributed by atoms with Gasteiger partial charge in [0.15, 0.2) is 0 Å². The highest BCUT2D eigenvalue weighted by Crippen LogP contribution is 2.34. The molecule has 0 unspecified atom stereocenters. The van der Waals surface area contributed by atoms with Gasteiger partial charge in [-0.15, -0.1) is 0 Å². The zero-order valence-corrected chi connectivity index (χ0v) is 19.6. The summed E-state index contributed by atoms with van der Waals surface area (Å²) in [5, 5.41) is 0. The summed E-state index contributed by atoms with van der Waals surface area (Å²) in [4.78, 5) is 0. The summed E-state index contributed by atoms with van der Waals surface area (Å²) in [6, 6.07) is 0. The smallest absolute Gasteiger partial charge is 0.0273 e. The molecule has 0 heterocycles. The summed E-state index contributed by atoms with van der Waals surface area (Å²) in [5.74, 6) is 0. The molecule has 0 saturated carbocycles. The molecule has 0 saturated heterocycles. The van der Waals surface area contributed by atoms with Crippen LogP contribution in [0, 0.1) is 6.92 Å². The minimum atomic E-state index is 1.30. The fraction of sp³-hybridized carbons (Fsp3) is 0.778. The van der Waals surface area contributed by atoms with Crippen molar-refractivity contribution in [3.63, 3.8) is 0 Å². The maximum absolute atomic E-state index is 2.46. The molecule has 156 valence electrons. The van der Waals surface area contributed by atoms with Gasteiger partial charge >= 0.3 is 0 Å². The van der Waals surface area contributed by atoms with Gasteiger partial charge < -0.3 is 0 Å². The first-order chi connectivity index (χ1) is 13.2. The molecule has 1 aromatic rings. The molecule has 0 atom stereocenters. The molecule has 0 fully saturated rings. The second-order valence-electron chi connectivity index (χ2n) is 8.54. The average molecular weight is 373 g/mol. The topological polar surface area (TPSA) is 0 Å². The summed E-state index contributed by atoms with van der Waals surface area (Å²) < 4.78 is 0. The third-order valence-corrected chi connectivity index (χ3v) is 6.26. The Morgan fingerprint density at radius 3 is 0.852 bits per heavy atom. The zero-order chi connectivity index (χ0) is 20.1. The van der Waals surface area contributed by atoms with Crippen LogP contribution in [0.2, 0.25) is 0 Å². The van der Waals surface area contributed by atoms with Gasteiger partial charge in [-0.2, -0.15) is 0 Å². The van der Waals surface area contributed by atoms with Crippen molar-refractivity contribution < 1.29 is 0 Å². The van der Waals surface area contributed by atoms with Crippen LogP contribution >= 0.6 is 0 Å². The van der Waals surface area contributed by atoms with Gasteiger partial charge in [-0.05, 0) is 105 Å². The van der Waals surface area contributed by atoms with Crippen LogP contribution in [0.1, 0.15) is 132 Å². The van der Waals surface area contributed by atoms with Gasteiger partial charge in [-0.1, -0.05) is 66.7 Å². The lowest BCUT2D eigenvalue weighted by atomic mass is 9.79. The quantitative estimate of drug-likeness (QED) is 0.289. The molecule has 1 aromatic carbocycles. The van der Waals surface area contributed by atoms with E-state index < -0.39 is 0 Å². The van der Waals surface area contributed by atoms with Crippen LogP contribution in [0.4, 0.5) is 0 Å². The predicted octanol–water partition coefficient (Wildman–Crippen LogP) is 8.71. The lowest BCUT2D eigenvalue weighted by molar-refractivity contribution is 0.699. The SMILES string of the molecule is CCCCc1c(C)c(CCCC)c(CCCC)c(CCCC)c1CCCC. The third-order valence-electron chi connectivity index (χ3n) is 6.26. The molecule has 0 amide bonds. The highest BCUT2D eigenvalue weighted by atomic mass is 14.3. The predicted molar refractivity (Wildman–Crippen MR) is 124 cm³/mol. The molecule has 0 spiro atoms. The van der Waals surface area contributed by atoms with Crippen molar-refractivity contribution in [1.82, 2.24) is 0 Å². The monoisotopic (exact) mass is 372 g/mol. The van der Waals surface area contributed by atoms with Gasteiger partial charge in [-0.3, -0.25) is 0 Å². The largest absolute Gasteiger partial charge is 0.0654 e. The molecular weight excluding hydrogens is 324 g/mol. The van der Waals surface area contributed by atoms with Crippen molar-refractivity contribution >= 4 is 0 Å². The van der Waals surface area contributed by atoms with Crippen LogP contribution in [0.3, 0.4) is 0 Å². The number of unbranched alkanes of at least 4 members (excludes halogenated alkanes) is 5. The molecule has 0 aliphatic rings. The normalized spacial score (nSPS) is 11.3. The first-order valence-electron chi connectivity index (χ1n) is 12.3. The Kier molecular flexibility index (Phi) is 12.8. The first-order valence-corrected chi connectivity index (χ1v) is 12.3. The van der Waals surface area contributed by atoms with Gasteiger partial charge in [-0.25, -0.2) is 0 Å². The molecular formula is C27H48. The van der Waals surface area contributed by atoms with Gasteiger partial charge in [0.05, 0.1) is 0 Å². The van der Waals surface area contributed by atoms with Crippen molar-refractivity contribution in [2.45, 2.75) is 138 Å². The number of hydrogen-bond donors (Lipinski definition) is 0. The Morgan fingerprint density at radius 2 is 0.593 bits per heavy atom. The van der Waals surface area contributed by atoms with Crippen LogP contribution in [0.5, 0.6) is 0 Å². The van der Waals surface area contributed by atoms with E-state index in [1.165, 1.54) is 96.3 Å². The molecule has 0 aromatic heterocycles. The second-order valence-corrected chi connectivity index (χ2v) is 8.54. The van der Waals surface area contributed by atoms with Gasteiger partial charge in [0.1, 0.15) is 0 Å². The molecule has 0 bridgehead atoms. The van der Waals surface area contributed by atoms with E-state index in [0.29, 0.717) is 0 Å². The Labute approximate surface area is 171 Å². The minimum Gasteiger partial charge on any atom is -0.0654 e. The summed E-state index contributed by atoms with van der Waals surface area (Å²) in [6.45, 7) is 14.2. The van der Waals surface area contributed by atoms with E-state index in [-0.39, 0.29) is 0 Å². The van der Waals surface area contributed by atoms with Gasteiger partial charge in [0, 0.05) is 0 Å². The summed E-state index contributed by atoms with van der Waals surface area (Å²) >= 11 is 0. The number of benzene rings is 1. The molecule has 0 aliphatic carbocycles. The molecule has 0 heteroatoms. The van der Waals surface area contributed by atoms with E-state index >= 15 is 0 Å². The molecule has 27 heavy (non-hydrogen) atoms. The van der Waals surface area contributed by atoms with Crippen molar-refractivity contribution in [2.24, 2.45) is 0 Å². The zero-order valence-electron chi connectivity index (χ0n) is 19.6. The molecule has 0 aliphatic heterocycles. The fourth-order valence-electron chi connectivity index (χ4n) is 4.53. The highest BCUT2D eigenvalue weighted by molar-refractivity contribution is 5.52. The minimum absolute atomic E-state index is 1.30. The van der Waals surface area contributed by atoms with Gasteiger partial charge in [0.2, 0.25) is 0 Å². The van der Waals surface area contributed by atoms with Crippen LogP contribution in [0.15, 0.2) is 0 Å². The average Bonchev–Trinajstić information content (AvgIpc) is 2.68. The third kappa shape index (κ3) is 7.28. The van der Waals surface area contributed by atoms with Crippen LogP contribution in [-0.4, -0.2) is 0 Å².